The molecule has 0 aromatic heterocycles. The highest BCUT2D eigenvalue weighted by Crippen LogP contribution is 2.37. The van der Waals surface area contributed by atoms with Gasteiger partial charge < -0.3 is 14.2 Å². The Morgan fingerprint density at radius 2 is 1.76 bits per heavy atom. The van der Waals surface area contributed by atoms with E-state index >= 15 is 0 Å². The minimum atomic E-state index is -0.967. The number of benzene rings is 2. The summed E-state index contributed by atoms with van der Waals surface area (Å²) < 4.78 is 16.1. The van der Waals surface area contributed by atoms with Crippen molar-refractivity contribution in [1.29, 1.82) is 0 Å². The Kier molecular flexibility index (Phi) is 5.46. The van der Waals surface area contributed by atoms with Crippen LogP contribution in [0.2, 0.25) is 0 Å². The van der Waals surface area contributed by atoms with Crippen LogP contribution in [0.5, 0.6) is 0 Å². The first-order valence-corrected chi connectivity index (χ1v) is 8.15. The molecular formula is C20H20O5. The minimum absolute atomic E-state index is 0.132. The molecule has 3 unspecified atom stereocenters. The first-order valence-electron chi connectivity index (χ1n) is 8.15. The molecule has 0 amide bonds. The second-order valence-electron chi connectivity index (χ2n) is 5.92. The number of cyclic esters (lactones) is 1. The first kappa shape index (κ1) is 17.2. The van der Waals surface area contributed by atoms with Gasteiger partial charge in [-0.25, -0.2) is 0 Å². The van der Waals surface area contributed by atoms with E-state index in [1.165, 1.54) is 7.11 Å². The van der Waals surface area contributed by atoms with Crippen molar-refractivity contribution < 1.29 is 23.8 Å². The van der Waals surface area contributed by atoms with Crippen LogP contribution in [-0.2, 0) is 30.4 Å². The zero-order chi connectivity index (χ0) is 17.6. The molecule has 1 heterocycles. The van der Waals surface area contributed by atoms with Crippen LogP contribution in [0.15, 0.2) is 60.7 Å². The molecule has 3 atom stereocenters. The average molecular weight is 340 g/mol. The van der Waals surface area contributed by atoms with Gasteiger partial charge in [-0.05, 0) is 11.1 Å². The third kappa shape index (κ3) is 3.88. The summed E-state index contributed by atoms with van der Waals surface area (Å²) in [6, 6.07) is 19.3. The SMILES string of the molecule is COC(=O)C1C(=O)OCC1C(OCc1ccccc1)c1ccccc1. The second kappa shape index (κ2) is 7.94. The number of methoxy groups -OCH3 is 1. The molecule has 2 aromatic rings. The molecule has 0 saturated carbocycles. The van der Waals surface area contributed by atoms with Crippen molar-refractivity contribution in [2.75, 3.05) is 13.7 Å². The fraction of sp³-hybridized carbons (Fsp3) is 0.300. The molecule has 1 fully saturated rings. The molecule has 0 aliphatic carbocycles. The number of hydrogen-bond acceptors (Lipinski definition) is 5. The lowest BCUT2D eigenvalue weighted by Gasteiger charge is -2.25. The molecule has 3 rings (SSSR count). The summed E-state index contributed by atoms with van der Waals surface area (Å²) in [6.07, 6.45) is -0.447. The van der Waals surface area contributed by atoms with Gasteiger partial charge in [-0.15, -0.1) is 0 Å². The minimum Gasteiger partial charge on any atom is -0.468 e. The lowest BCUT2D eigenvalue weighted by Crippen LogP contribution is -2.31. The van der Waals surface area contributed by atoms with Gasteiger partial charge in [0.25, 0.3) is 0 Å². The number of carbonyl (C=O) groups is 2. The maximum Gasteiger partial charge on any atom is 0.320 e. The van der Waals surface area contributed by atoms with Gasteiger partial charge in [0.15, 0.2) is 5.92 Å². The number of esters is 2. The fourth-order valence-corrected chi connectivity index (χ4v) is 3.07. The second-order valence-corrected chi connectivity index (χ2v) is 5.92. The van der Waals surface area contributed by atoms with Crippen LogP contribution >= 0.6 is 0 Å². The van der Waals surface area contributed by atoms with E-state index in [9.17, 15) is 9.59 Å². The number of rotatable bonds is 6. The fourth-order valence-electron chi connectivity index (χ4n) is 3.07. The molecule has 1 aliphatic heterocycles. The standard InChI is InChI=1S/C20H20O5/c1-23-19(21)17-16(13-25-20(17)22)18(15-10-6-3-7-11-15)24-12-14-8-4-2-5-9-14/h2-11,16-18H,12-13H2,1H3. The highest BCUT2D eigenvalue weighted by Gasteiger charge is 2.48. The van der Waals surface area contributed by atoms with Crippen molar-refractivity contribution in [3.63, 3.8) is 0 Å². The van der Waals surface area contributed by atoms with Crippen molar-refractivity contribution in [3.8, 4) is 0 Å². The van der Waals surface area contributed by atoms with Crippen LogP contribution in [0.3, 0.4) is 0 Å². The number of hydrogen-bond donors (Lipinski definition) is 0. The largest absolute Gasteiger partial charge is 0.468 e. The van der Waals surface area contributed by atoms with Gasteiger partial charge in [-0.1, -0.05) is 60.7 Å². The normalized spacial score (nSPS) is 20.8. The van der Waals surface area contributed by atoms with Crippen molar-refractivity contribution in [2.45, 2.75) is 12.7 Å². The van der Waals surface area contributed by atoms with Crippen molar-refractivity contribution in [2.24, 2.45) is 11.8 Å². The van der Waals surface area contributed by atoms with Gasteiger partial charge in [-0.3, -0.25) is 9.59 Å². The van der Waals surface area contributed by atoms with Gasteiger partial charge in [0, 0.05) is 5.92 Å². The molecule has 0 N–H and O–H groups in total. The summed E-state index contributed by atoms with van der Waals surface area (Å²) in [5, 5.41) is 0. The van der Waals surface area contributed by atoms with Crippen LogP contribution in [-0.4, -0.2) is 25.7 Å². The van der Waals surface area contributed by atoms with E-state index in [0.29, 0.717) is 6.61 Å². The van der Waals surface area contributed by atoms with Gasteiger partial charge in [0.2, 0.25) is 0 Å². The van der Waals surface area contributed by atoms with Crippen LogP contribution in [0.1, 0.15) is 17.2 Å². The quantitative estimate of drug-likeness (QED) is 0.598. The van der Waals surface area contributed by atoms with Crippen LogP contribution < -0.4 is 0 Å². The first-order chi connectivity index (χ1) is 12.2. The van der Waals surface area contributed by atoms with Gasteiger partial charge in [0.05, 0.1) is 26.4 Å². The monoisotopic (exact) mass is 340 g/mol. The predicted molar refractivity (Wildman–Crippen MR) is 90.4 cm³/mol. The summed E-state index contributed by atoms with van der Waals surface area (Å²) in [6.45, 7) is 0.506. The summed E-state index contributed by atoms with van der Waals surface area (Å²) >= 11 is 0. The van der Waals surface area contributed by atoms with Gasteiger partial charge in [0.1, 0.15) is 0 Å². The van der Waals surface area contributed by atoms with Crippen LogP contribution in [0.25, 0.3) is 0 Å². The molecule has 130 valence electrons. The predicted octanol–water partition coefficient (Wildman–Crippen LogP) is 2.91. The Hall–Kier alpha value is -2.66. The van der Waals surface area contributed by atoms with Crippen molar-refractivity contribution in [3.05, 3.63) is 71.8 Å². The highest BCUT2D eigenvalue weighted by atomic mass is 16.6. The molecule has 0 bridgehead atoms. The Morgan fingerprint density at radius 3 is 2.40 bits per heavy atom. The van der Waals surface area contributed by atoms with E-state index in [4.69, 9.17) is 14.2 Å². The molecule has 1 saturated heterocycles. The van der Waals surface area contributed by atoms with Crippen molar-refractivity contribution >= 4 is 11.9 Å². The summed E-state index contributed by atoms with van der Waals surface area (Å²) in [7, 11) is 1.27. The van der Waals surface area contributed by atoms with E-state index in [-0.39, 0.29) is 6.61 Å². The van der Waals surface area contributed by atoms with E-state index < -0.39 is 29.9 Å². The Bertz CT molecular complexity index is 713. The van der Waals surface area contributed by atoms with Gasteiger partial charge >= 0.3 is 11.9 Å². The third-order valence-corrected chi connectivity index (χ3v) is 4.34. The molecule has 1 aliphatic rings. The summed E-state index contributed by atoms with van der Waals surface area (Å²) in [5.74, 6) is -2.53. The van der Waals surface area contributed by atoms with Gasteiger partial charge in [-0.2, -0.15) is 0 Å². The van der Waals surface area contributed by atoms with E-state index in [2.05, 4.69) is 0 Å². The zero-order valence-corrected chi connectivity index (χ0v) is 14.0. The van der Waals surface area contributed by atoms with Crippen LogP contribution in [0.4, 0.5) is 0 Å². The van der Waals surface area contributed by atoms with Crippen LogP contribution in [0, 0.1) is 11.8 Å². The van der Waals surface area contributed by atoms with E-state index in [1.807, 2.05) is 60.7 Å². The van der Waals surface area contributed by atoms with Crippen molar-refractivity contribution in [1.82, 2.24) is 0 Å². The molecular weight excluding hydrogens is 320 g/mol. The number of carbonyl (C=O) groups excluding carboxylic acids is 2. The molecule has 5 heteroatoms. The molecule has 2 aromatic carbocycles. The zero-order valence-electron chi connectivity index (χ0n) is 14.0. The molecule has 0 spiro atoms. The molecule has 25 heavy (non-hydrogen) atoms. The smallest absolute Gasteiger partial charge is 0.320 e. The topological polar surface area (TPSA) is 61.8 Å². The van der Waals surface area contributed by atoms with E-state index in [0.717, 1.165) is 11.1 Å². The highest BCUT2D eigenvalue weighted by molar-refractivity contribution is 5.96. The molecule has 0 radical (unpaired) electrons. The lowest BCUT2D eigenvalue weighted by molar-refractivity contribution is -0.156. The summed E-state index contributed by atoms with van der Waals surface area (Å²) in [4.78, 5) is 24.1. The lowest BCUT2D eigenvalue weighted by atomic mass is 9.86. The maximum absolute atomic E-state index is 12.1. The third-order valence-electron chi connectivity index (χ3n) is 4.34. The number of ether oxygens (including phenoxy) is 3. The Balaban J connectivity index is 1.85. The Labute approximate surface area is 146 Å². The Morgan fingerprint density at radius 1 is 1.12 bits per heavy atom. The summed E-state index contributed by atoms with van der Waals surface area (Å²) in [5.41, 5.74) is 1.92. The average Bonchev–Trinajstić information content (AvgIpc) is 3.04. The maximum atomic E-state index is 12.1. The molecule has 5 nitrogen and oxygen atoms in total. The van der Waals surface area contributed by atoms with E-state index in [1.54, 1.807) is 0 Å².